The molecular formula is C34H48N6O3S. The van der Waals surface area contributed by atoms with Crippen molar-refractivity contribution in [2.45, 2.75) is 83.0 Å². The van der Waals surface area contributed by atoms with Crippen LogP contribution in [0.3, 0.4) is 0 Å². The van der Waals surface area contributed by atoms with Crippen LogP contribution in [-0.2, 0) is 4.79 Å². The molecule has 3 aliphatic heterocycles. The largest absolute Gasteiger partial charge is 0.393 e. The van der Waals surface area contributed by atoms with Crippen LogP contribution in [-0.4, -0.2) is 100.0 Å². The first kappa shape index (κ1) is 31.2. The highest BCUT2D eigenvalue weighted by molar-refractivity contribution is 7.13. The predicted octanol–water partition coefficient (Wildman–Crippen LogP) is 4.79. The molecule has 3 fully saturated rings. The number of hydrogen-bond acceptors (Lipinski definition) is 9. The van der Waals surface area contributed by atoms with Crippen molar-refractivity contribution in [2.24, 2.45) is 0 Å². The van der Waals surface area contributed by atoms with E-state index in [-0.39, 0.29) is 18.1 Å². The molecule has 0 spiro atoms. The number of aliphatic hydroxyl groups excluding tert-OH is 1. The average molecular weight is 621 g/mol. The predicted molar refractivity (Wildman–Crippen MR) is 178 cm³/mol. The molecule has 0 radical (unpaired) electrons. The second kappa shape index (κ2) is 13.3. The van der Waals surface area contributed by atoms with Gasteiger partial charge in [0.15, 0.2) is 5.13 Å². The molecule has 1 unspecified atom stereocenters. The highest BCUT2D eigenvalue weighted by atomic mass is 32.1. The summed E-state index contributed by atoms with van der Waals surface area (Å²) in [5.74, 6) is 0.569. The molecule has 0 bridgehead atoms. The number of pyridine rings is 1. The van der Waals surface area contributed by atoms with Gasteiger partial charge in [-0.15, -0.1) is 11.3 Å². The zero-order valence-corrected chi connectivity index (χ0v) is 27.3. The van der Waals surface area contributed by atoms with Crippen LogP contribution in [0.5, 0.6) is 0 Å². The Morgan fingerprint density at radius 2 is 1.82 bits per heavy atom. The van der Waals surface area contributed by atoms with Crippen molar-refractivity contribution < 1.29 is 15.0 Å². The summed E-state index contributed by atoms with van der Waals surface area (Å²) in [6.07, 6.45) is 5.78. The summed E-state index contributed by atoms with van der Waals surface area (Å²) < 4.78 is 0. The number of carbonyl (C=O) groups is 1. The molecule has 0 aliphatic carbocycles. The summed E-state index contributed by atoms with van der Waals surface area (Å²) in [7, 11) is 0. The van der Waals surface area contributed by atoms with Crippen LogP contribution < -0.4 is 9.80 Å². The van der Waals surface area contributed by atoms with Gasteiger partial charge in [-0.2, -0.15) is 0 Å². The van der Waals surface area contributed by atoms with E-state index in [0.717, 1.165) is 74.9 Å². The second-order valence-corrected chi connectivity index (χ2v) is 14.4. The molecule has 0 saturated carbocycles. The number of hydrogen-bond donors (Lipinski definition) is 2. The molecule has 5 heterocycles. The van der Waals surface area contributed by atoms with E-state index in [1.807, 2.05) is 24.1 Å². The fraction of sp³-hybridized carbons (Fsp3) is 0.618. The third-order valence-electron chi connectivity index (χ3n) is 9.83. The Balaban J connectivity index is 1.24. The van der Waals surface area contributed by atoms with Gasteiger partial charge in [0.25, 0.3) is 0 Å². The number of piperidine rings is 2. The molecule has 6 rings (SSSR count). The van der Waals surface area contributed by atoms with Crippen LogP contribution in [0.15, 0.2) is 35.8 Å². The smallest absolute Gasteiger partial charge is 0.224 e. The van der Waals surface area contributed by atoms with Gasteiger partial charge < -0.3 is 24.9 Å². The number of benzene rings is 1. The summed E-state index contributed by atoms with van der Waals surface area (Å²) in [6.45, 7) is 12.7. The first-order valence-electron chi connectivity index (χ1n) is 16.4. The number of anilines is 2. The standard InChI is InChI=1S/C34H48N6O3S/c1-24(2)26-20-25-6-4-11-35-32(25)30(21-26)38-13-5-12-37(18-19-38)29(22-31(42)39-16-9-34(3,43)10-17-39)28-23-44-33(36-28)40-14-7-27(41)8-15-40/h4,6,11,20-21,23-24,27,29,41,43H,5,7-10,12-19,22H2,1-3H3. The number of thiazole rings is 1. The molecule has 2 aromatic heterocycles. The fourth-order valence-corrected chi connectivity index (χ4v) is 7.77. The van der Waals surface area contributed by atoms with Crippen LogP contribution in [0.4, 0.5) is 10.8 Å². The number of fused-ring (bicyclic) bond motifs is 1. The minimum absolute atomic E-state index is 0.109. The van der Waals surface area contributed by atoms with Gasteiger partial charge in [0, 0.05) is 75.7 Å². The fourth-order valence-electron chi connectivity index (χ4n) is 6.84. The average Bonchev–Trinajstić information content (AvgIpc) is 3.37. The maximum absolute atomic E-state index is 13.7. The van der Waals surface area contributed by atoms with Crippen molar-refractivity contribution in [1.82, 2.24) is 19.8 Å². The van der Waals surface area contributed by atoms with Crippen molar-refractivity contribution >= 4 is 39.0 Å². The molecule has 1 aromatic carbocycles. The number of amides is 1. The normalized spacial score (nSPS) is 21.2. The SMILES string of the molecule is CC(C)c1cc(N2CCCN(C(CC(=O)N3CCC(C)(O)CC3)c3csc(N4CCC(O)CC4)n3)CC2)c2ncccc2c1. The molecule has 2 N–H and O–H groups in total. The Labute approximate surface area is 265 Å². The Hall–Kier alpha value is -2.79. The summed E-state index contributed by atoms with van der Waals surface area (Å²) in [4.78, 5) is 32.8. The molecule has 9 nitrogen and oxygen atoms in total. The van der Waals surface area contributed by atoms with E-state index in [0.29, 0.717) is 38.3 Å². The van der Waals surface area contributed by atoms with Gasteiger partial charge in [-0.3, -0.25) is 14.7 Å². The number of nitrogens with zero attached hydrogens (tertiary/aromatic N) is 6. The molecule has 3 saturated heterocycles. The third kappa shape index (κ3) is 7.03. The maximum Gasteiger partial charge on any atom is 0.224 e. The van der Waals surface area contributed by atoms with Crippen LogP contribution in [0, 0.1) is 0 Å². The molecule has 1 amide bonds. The first-order chi connectivity index (χ1) is 21.2. The second-order valence-electron chi connectivity index (χ2n) is 13.5. The number of likely N-dealkylation sites (tertiary alicyclic amines) is 1. The highest BCUT2D eigenvalue weighted by Crippen LogP contribution is 2.35. The zero-order valence-electron chi connectivity index (χ0n) is 26.5. The van der Waals surface area contributed by atoms with E-state index in [1.54, 1.807) is 11.3 Å². The molecule has 1 atom stereocenters. The van der Waals surface area contributed by atoms with Gasteiger partial charge in [0.1, 0.15) is 0 Å². The molecule has 3 aliphatic rings. The van der Waals surface area contributed by atoms with Gasteiger partial charge in [-0.05, 0) is 68.7 Å². The van der Waals surface area contributed by atoms with E-state index in [1.165, 1.54) is 16.6 Å². The first-order valence-corrected chi connectivity index (χ1v) is 17.3. The molecule has 3 aromatic rings. The summed E-state index contributed by atoms with van der Waals surface area (Å²) >= 11 is 1.65. The topological polar surface area (TPSA) is 96.3 Å². The lowest BCUT2D eigenvalue weighted by Crippen LogP contribution is -2.46. The van der Waals surface area contributed by atoms with E-state index in [4.69, 9.17) is 9.97 Å². The number of aliphatic hydroxyl groups is 2. The maximum atomic E-state index is 13.7. The van der Waals surface area contributed by atoms with E-state index < -0.39 is 5.60 Å². The summed E-state index contributed by atoms with van der Waals surface area (Å²) in [5.41, 5.74) is 3.85. The quantitative estimate of drug-likeness (QED) is 0.389. The van der Waals surface area contributed by atoms with Gasteiger partial charge in [0.2, 0.25) is 5.91 Å². The minimum atomic E-state index is -0.692. The summed E-state index contributed by atoms with van der Waals surface area (Å²) in [6, 6.07) is 8.66. The number of aromatic nitrogens is 2. The van der Waals surface area contributed by atoms with E-state index in [2.05, 4.69) is 52.1 Å². The van der Waals surface area contributed by atoms with Crippen molar-refractivity contribution in [3.8, 4) is 0 Å². The lowest BCUT2D eigenvalue weighted by atomic mass is 9.93. The van der Waals surface area contributed by atoms with Crippen LogP contribution in [0.1, 0.15) is 82.5 Å². The lowest BCUT2D eigenvalue weighted by molar-refractivity contribution is -0.136. The van der Waals surface area contributed by atoms with Gasteiger partial charge in [-0.1, -0.05) is 19.9 Å². The highest BCUT2D eigenvalue weighted by Gasteiger charge is 2.34. The Morgan fingerprint density at radius 1 is 1.05 bits per heavy atom. The molecule has 238 valence electrons. The lowest BCUT2D eigenvalue weighted by Gasteiger charge is -2.37. The minimum Gasteiger partial charge on any atom is -0.393 e. The van der Waals surface area contributed by atoms with Gasteiger partial charge in [-0.25, -0.2) is 4.98 Å². The monoisotopic (exact) mass is 620 g/mol. The van der Waals surface area contributed by atoms with Gasteiger partial charge in [0.05, 0.1) is 34.6 Å². The zero-order chi connectivity index (χ0) is 30.8. The molecule has 44 heavy (non-hydrogen) atoms. The number of carbonyl (C=O) groups excluding carboxylic acids is 1. The Bertz CT molecular complexity index is 1430. The van der Waals surface area contributed by atoms with E-state index >= 15 is 0 Å². The molecule has 10 heteroatoms. The Kier molecular flexibility index (Phi) is 9.42. The summed E-state index contributed by atoms with van der Waals surface area (Å²) in [5, 5.41) is 24.8. The van der Waals surface area contributed by atoms with Crippen molar-refractivity contribution in [3.63, 3.8) is 0 Å². The van der Waals surface area contributed by atoms with Crippen LogP contribution in [0.25, 0.3) is 10.9 Å². The van der Waals surface area contributed by atoms with Crippen molar-refractivity contribution in [1.29, 1.82) is 0 Å². The van der Waals surface area contributed by atoms with Crippen LogP contribution in [0.2, 0.25) is 0 Å². The van der Waals surface area contributed by atoms with Crippen molar-refractivity contribution in [3.05, 3.63) is 47.1 Å². The third-order valence-corrected chi connectivity index (χ3v) is 10.8. The Morgan fingerprint density at radius 3 is 2.57 bits per heavy atom. The van der Waals surface area contributed by atoms with Crippen LogP contribution >= 0.6 is 11.3 Å². The van der Waals surface area contributed by atoms with Crippen molar-refractivity contribution in [2.75, 3.05) is 62.2 Å². The van der Waals surface area contributed by atoms with E-state index in [9.17, 15) is 15.0 Å². The van der Waals surface area contributed by atoms with Gasteiger partial charge >= 0.3 is 0 Å². The molecular weight excluding hydrogens is 572 g/mol. The number of rotatable bonds is 7.